The van der Waals surface area contributed by atoms with Gasteiger partial charge in [-0.15, -0.1) is 0 Å². The summed E-state index contributed by atoms with van der Waals surface area (Å²) in [6, 6.07) is 12.5. The lowest BCUT2D eigenvalue weighted by molar-refractivity contribution is -0.147. The summed E-state index contributed by atoms with van der Waals surface area (Å²) in [7, 11) is 1.49. The number of ether oxygens (including phenoxy) is 3. The molecule has 3 aliphatic rings. The van der Waals surface area contributed by atoms with Crippen LogP contribution in [0, 0.1) is 0 Å². The molecule has 2 atom stereocenters. The van der Waals surface area contributed by atoms with E-state index in [1.165, 1.54) is 48.9 Å². The van der Waals surface area contributed by atoms with Gasteiger partial charge in [0.1, 0.15) is 6.04 Å². The first-order valence-corrected chi connectivity index (χ1v) is 14.3. The molecule has 5 rings (SSSR count). The maximum atomic E-state index is 13.0. The zero-order valence-corrected chi connectivity index (χ0v) is 22.3. The maximum Gasteiger partial charge on any atom is 0.327 e. The lowest BCUT2D eigenvalue weighted by atomic mass is 9.85. The van der Waals surface area contributed by atoms with Crippen molar-refractivity contribution in [3.05, 3.63) is 64.5 Å². The second kappa shape index (κ2) is 13.0. The number of aromatic nitrogens is 1. The summed E-state index contributed by atoms with van der Waals surface area (Å²) in [6.07, 6.45) is 11.1. The van der Waals surface area contributed by atoms with Crippen molar-refractivity contribution in [2.75, 3.05) is 40.0 Å². The Kier molecular flexibility index (Phi) is 9.24. The van der Waals surface area contributed by atoms with Crippen LogP contribution in [0.5, 0.6) is 0 Å². The first kappa shape index (κ1) is 26.3. The standard InChI is InChI=1S/C31H42N2O4/c1-35-31(34)30(28-11-4-3-10-27(28)23-16-20-36-21-17-23)33-18-15-26(22-33)37-19-7-6-9-25-14-13-24-8-2-5-12-29(24)32-25/h3-4,10-11,13-14,23,26,30H,2,5-9,12,15-22H2,1H3/t26-,30?/m1/s1. The number of aryl methyl sites for hydroxylation is 3. The number of esters is 1. The van der Waals surface area contributed by atoms with Crippen LogP contribution in [0.15, 0.2) is 36.4 Å². The normalized spacial score (nSPS) is 21.5. The Morgan fingerprint density at radius 2 is 1.92 bits per heavy atom. The molecule has 1 aromatic heterocycles. The molecular weight excluding hydrogens is 464 g/mol. The summed E-state index contributed by atoms with van der Waals surface area (Å²) < 4.78 is 17.2. The highest BCUT2D eigenvalue weighted by Gasteiger charge is 2.36. The molecule has 0 bridgehead atoms. The Labute approximate surface area is 221 Å². The fourth-order valence-electron chi connectivity index (χ4n) is 6.27. The first-order valence-electron chi connectivity index (χ1n) is 14.3. The van der Waals surface area contributed by atoms with E-state index in [1.807, 2.05) is 6.07 Å². The van der Waals surface area contributed by atoms with Crippen LogP contribution in [-0.4, -0.2) is 62.0 Å². The number of nitrogens with zero attached hydrogens (tertiary/aromatic N) is 2. The second-order valence-electron chi connectivity index (χ2n) is 10.8. The van der Waals surface area contributed by atoms with Gasteiger partial charge in [0, 0.05) is 44.3 Å². The molecule has 6 nitrogen and oxygen atoms in total. The third kappa shape index (κ3) is 6.60. The topological polar surface area (TPSA) is 60.9 Å². The molecule has 0 saturated carbocycles. The van der Waals surface area contributed by atoms with Gasteiger partial charge < -0.3 is 14.2 Å². The number of fused-ring (bicyclic) bond motifs is 1. The van der Waals surface area contributed by atoms with Gasteiger partial charge in [-0.1, -0.05) is 30.3 Å². The third-order valence-electron chi connectivity index (χ3n) is 8.33. The van der Waals surface area contributed by atoms with E-state index in [-0.39, 0.29) is 18.1 Å². The molecule has 1 aliphatic carbocycles. The summed E-state index contributed by atoms with van der Waals surface area (Å²) in [5.41, 5.74) is 6.34. The van der Waals surface area contributed by atoms with Gasteiger partial charge in [0.2, 0.25) is 0 Å². The smallest absolute Gasteiger partial charge is 0.327 e. The van der Waals surface area contributed by atoms with Gasteiger partial charge in [-0.25, -0.2) is 4.79 Å². The van der Waals surface area contributed by atoms with Crippen molar-refractivity contribution in [2.24, 2.45) is 0 Å². The van der Waals surface area contributed by atoms with Crippen LogP contribution in [0.4, 0.5) is 0 Å². The van der Waals surface area contributed by atoms with E-state index in [4.69, 9.17) is 19.2 Å². The molecule has 3 heterocycles. The Balaban J connectivity index is 1.13. The number of hydrogen-bond donors (Lipinski definition) is 0. The van der Waals surface area contributed by atoms with Gasteiger partial charge in [-0.3, -0.25) is 9.88 Å². The first-order chi connectivity index (χ1) is 18.2. The average molecular weight is 507 g/mol. The van der Waals surface area contributed by atoms with Crippen molar-refractivity contribution in [2.45, 2.75) is 82.3 Å². The molecule has 6 heteroatoms. The minimum Gasteiger partial charge on any atom is -0.468 e. The van der Waals surface area contributed by atoms with E-state index in [1.54, 1.807) is 0 Å². The van der Waals surface area contributed by atoms with E-state index in [9.17, 15) is 4.79 Å². The minimum atomic E-state index is -0.382. The summed E-state index contributed by atoms with van der Waals surface area (Å²) in [6.45, 7) is 3.92. The molecular formula is C31H42N2O4. The van der Waals surface area contributed by atoms with E-state index >= 15 is 0 Å². The van der Waals surface area contributed by atoms with Gasteiger partial charge in [0.05, 0.1) is 13.2 Å². The van der Waals surface area contributed by atoms with Gasteiger partial charge in [0.25, 0.3) is 0 Å². The zero-order valence-electron chi connectivity index (χ0n) is 22.3. The number of carbonyl (C=O) groups excluding carboxylic acids is 1. The second-order valence-corrected chi connectivity index (χ2v) is 10.8. The number of rotatable bonds is 10. The summed E-state index contributed by atoms with van der Waals surface area (Å²) in [5.74, 6) is 0.245. The molecule has 200 valence electrons. The van der Waals surface area contributed by atoms with Crippen molar-refractivity contribution in [1.29, 1.82) is 0 Å². The monoisotopic (exact) mass is 506 g/mol. The zero-order chi connectivity index (χ0) is 25.5. The average Bonchev–Trinajstić information content (AvgIpc) is 3.41. The van der Waals surface area contributed by atoms with Gasteiger partial charge in [0.15, 0.2) is 0 Å². The number of likely N-dealkylation sites (tertiary alicyclic amines) is 1. The Bertz CT molecular complexity index is 1040. The van der Waals surface area contributed by atoms with Gasteiger partial charge in [-0.05, 0) is 92.9 Å². The molecule has 2 aliphatic heterocycles. The highest BCUT2D eigenvalue weighted by Crippen LogP contribution is 2.36. The Morgan fingerprint density at radius 1 is 1.08 bits per heavy atom. The molecule has 0 radical (unpaired) electrons. The van der Waals surface area contributed by atoms with Crippen molar-refractivity contribution in [3.8, 4) is 0 Å². The van der Waals surface area contributed by atoms with Crippen LogP contribution in [0.1, 0.15) is 85.0 Å². The lowest BCUT2D eigenvalue weighted by Crippen LogP contribution is -2.35. The largest absolute Gasteiger partial charge is 0.468 e. The van der Waals surface area contributed by atoms with Gasteiger partial charge >= 0.3 is 5.97 Å². The molecule has 1 aromatic carbocycles. The number of unbranched alkanes of at least 4 members (excludes halogenated alkanes) is 1. The molecule has 37 heavy (non-hydrogen) atoms. The van der Waals surface area contributed by atoms with Crippen molar-refractivity contribution in [1.82, 2.24) is 9.88 Å². The van der Waals surface area contributed by atoms with Crippen molar-refractivity contribution >= 4 is 5.97 Å². The van der Waals surface area contributed by atoms with Crippen LogP contribution in [0.25, 0.3) is 0 Å². The van der Waals surface area contributed by atoms with E-state index in [2.05, 4.69) is 35.2 Å². The molecule has 2 aromatic rings. The van der Waals surface area contributed by atoms with Crippen LogP contribution < -0.4 is 0 Å². The minimum absolute atomic E-state index is 0.157. The number of hydrogen-bond acceptors (Lipinski definition) is 6. The van der Waals surface area contributed by atoms with Crippen LogP contribution in [0.3, 0.4) is 0 Å². The number of methoxy groups -OCH3 is 1. The third-order valence-corrected chi connectivity index (χ3v) is 8.33. The number of pyridine rings is 1. The summed E-state index contributed by atoms with van der Waals surface area (Å²) in [5, 5.41) is 0. The van der Waals surface area contributed by atoms with E-state index < -0.39 is 0 Å². The highest BCUT2D eigenvalue weighted by atomic mass is 16.5. The summed E-state index contributed by atoms with van der Waals surface area (Å²) in [4.78, 5) is 20.2. The Hall–Kier alpha value is -2.28. The summed E-state index contributed by atoms with van der Waals surface area (Å²) >= 11 is 0. The number of carbonyl (C=O) groups is 1. The predicted octanol–water partition coefficient (Wildman–Crippen LogP) is 5.18. The molecule has 1 unspecified atom stereocenters. The molecule has 0 N–H and O–H groups in total. The molecule has 0 amide bonds. The molecule has 2 saturated heterocycles. The molecule has 2 fully saturated rings. The molecule has 0 spiro atoms. The van der Waals surface area contributed by atoms with Crippen LogP contribution in [-0.2, 0) is 38.3 Å². The number of benzene rings is 1. The predicted molar refractivity (Wildman–Crippen MR) is 144 cm³/mol. The quantitative estimate of drug-likeness (QED) is 0.327. The van der Waals surface area contributed by atoms with E-state index in [0.717, 1.165) is 83.4 Å². The van der Waals surface area contributed by atoms with Crippen LogP contribution >= 0.6 is 0 Å². The van der Waals surface area contributed by atoms with Gasteiger partial charge in [-0.2, -0.15) is 0 Å². The van der Waals surface area contributed by atoms with Crippen LogP contribution in [0.2, 0.25) is 0 Å². The fourth-order valence-corrected chi connectivity index (χ4v) is 6.27. The fraction of sp³-hybridized carbons (Fsp3) is 0.613. The van der Waals surface area contributed by atoms with Crippen molar-refractivity contribution in [3.63, 3.8) is 0 Å². The highest BCUT2D eigenvalue weighted by molar-refractivity contribution is 5.78. The lowest BCUT2D eigenvalue weighted by Gasteiger charge is -2.31. The maximum absolute atomic E-state index is 13.0. The van der Waals surface area contributed by atoms with E-state index in [0.29, 0.717) is 5.92 Å². The van der Waals surface area contributed by atoms with Crippen molar-refractivity contribution < 1.29 is 19.0 Å². The SMILES string of the molecule is COC(=O)C(c1ccccc1C1CCOCC1)N1CC[C@@H](OCCCCc2ccc3c(n2)CCCC3)C1. The Morgan fingerprint density at radius 3 is 2.78 bits per heavy atom.